The van der Waals surface area contributed by atoms with Crippen molar-refractivity contribution in [3.05, 3.63) is 0 Å². The zero-order valence-electron chi connectivity index (χ0n) is 9.51. The van der Waals surface area contributed by atoms with Crippen LogP contribution >= 0.6 is 0 Å². The van der Waals surface area contributed by atoms with E-state index in [9.17, 15) is 4.79 Å². The Kier molecular flexibility index (Phi) is 2.98. The third-order valence-corrected chi connectivity index (χ3v) is 3.46. The summed E-state index contributed by atoms with van der Waals surface area (Å²) in [6.07, 6.45) is 0.928. The molecule has 0 spiro atoms. The van der Waals surface area contributed by atoms with E-state index in [1.54, 1.807) is 0 Å². The molecule has 1 saturated heterocycles. The van der Waals surface area contributed by atoms with E-state index in [0.717, 1.165) is 13.1 Å². The van der Waals surface area contributed by atoms with E-state index in [1.165, 1.54) is 6.42 Å². The second-order valence-electron chi connectivity index (χ2n) is 5.20. The number of hydrogen-bond acceptors (Lipinski definition) is 3. The second kappa shape index (κ2) is 4.10. The summed E-state index contributed by atoms with van der Waals surface area (Å²) >= 11 is 0. The number of morpholine rings is 1. The highest BCUT2D eigenvalue weighted by Gasteiger charge is 2.45. The van der Waals surface area contributed by atoms with Gasteiger partial charge in [0.15, 0.2) is 0 Å². The Morgan fingerprint density at radius 3 is 2.87 bits per heavy atom. The van der Waals surface area contributed by atoms with E-state index in [2.05, 4.69) is 24.5 Å². The maximum atomic E-state index is 11.7. The Balaban J connectivity index is 1.68. The molecule has 1 unspecified atom stereocenters. The fourth-order valence-corrected chi connectivity index (χ4v) is 2.00. The number of hydrogen-bond donors (Lipinski definition) is 2. The van der Waals surface area contributed by atoms with E-state index in [1.807, 2.05) is 0 Å². The van der Waals surface area contributed by atoms with Crippen molar-refractivity contribution in [2.24, 2.45) is 11.3 Å². The summed E-state index contributed by atoms with van der Waals surface area (Å²) in [7, 11) is 0. The van der Waals surface area contributed by atoms with Crippen LogP contribution in [0.15, 0.2) is 0 Å². The zero-order chi connectivity index (χ0) is 10.9. The van der Waals surface area contributed by atoms with Crippen LogP contribution in [0.1, 0.15) is 20.3 Å². The molecule has 1 aliphatic carbocycles. The van der Waals surface area contributed by atoms with Crippen LogP contribution in [0.25, 0.3) is 0 Å². The molecule has 0 aromatic heterocycles. The summed E-state index contributed by atoms with van der Waals surface area (Å²) < 4.78 is 5.37. The number of carbonyl (C=O) groups is 1. The summed E-state index contributed by atoms with van der Waals surface area (Å²) in [6.45, 7) is 7.39. The third-order valence-electron chi connectivity index (χ3n) is 3.46. The fourth-order valence-electron chi connectivity index (χ4n) is 2.00. The van der Waals surface area contributed by atoms with Gasteiger partial charge < -0.3 is 15.4 Å². The SMILES string of the molecule is CC1(C)CC1CNC(=O)[C@H]1CNCCO1. The molecular formula is C11H20N2O2. The molecule has 0 aromatic carbocycles. The van der Waals surface area contributed by atoms with E-state index in [0.29, 0.717) is 24.5 Å². The van der Waals surface area contributed by atoms with Gasteiger partial charge in [0.2, 0.25) is 5.91 Å². The van der Waals surface area contributed by atoms with Gasteiger partial charge in [0, 0.05) is 19.6 Å². The van der Waals surface area contributed by atoms with Crippen molar-refractivity contribution in [3.63, 3.8) is 0 Å². The molecule has 2 aliphatic rings. The van der Waals surface area contributed by atoms with Crippen LogP contribution in [-0.4, -0.2) is 38.3 Å². The van der Waals surface area contributed by atoms with Gasteiger partial charge in [-0.05, 0) is 17.8 Å². The van der Waals surface area contributed by atoms with Gasteiger partial charge >= 0.3 is 0 Å². The van der Waals surface area contributed by atoms with Gasteiger partial charge in [-0.1, -0.05) is 13.8 Å². The lowest BCUT2D eigenvalue weighted by molar-refractivity contribution is -0.134. The minimum absolute atomic E-state index is 0.0323. The van der Waals surface area contributed by atoms with Gasteiger partial charge in [-0.25, -0.2) is 0 Å². The monoisotopic (exact) mass is 212 g/mol. The average molecular weight is 212 g/mol. The molecule has 1 saturated carbocycles. The predicted molar refractivity (Wildman–Crippen MR) is 57.5 cm³/mol. The fraction of sp³-hybridized carbons (Fsp3) is 0.909. The van der Waals surface area contributed by atoms with Crippen LogP contribution < -0.4 is 10.6 Å². The number of carbonyl (C=O) groups excluding carboxylic acids is 1. The first kappa shape index (κ1) is 10.9. The maximum absolute atomic E-state index is 11.7. The lowest BCUT2D eigenvalue weighted by atomic mass is 10.1. The van der Waals surface area contributed by atoms with Crippen molar-refractivity contribution in [1.29, 1.82) is 0 Å². The van der Waals surface area contributed by atoms with Gasteiger partial charge in [-0.2, -0.15) is 0 Å². The summed E-state index contributed by atoms with van der Waals surface area (Å²) in [6, 6.07) is 0. The first-order valence-electron chi connectivity index (χ1n) is 5.69. The molecule has 86 valence electrons. The minimum Gasteiger partial charge on any atom is -0.366 e. The van der Waals surface area contributed by atoms with Gasteiger partial charge in [0.25, 0.3) is 0 Å². The Hall–Kier alpha value is -0.610. The molecule has 0 aromatic rings. The standard InChI is InChI=1S/C11H20N2O2/c1-11(2)5-8(11)6-13-10(14)9-7-12-3-4-15-9/h8-9,12H,3-7H2,1-2H3,(H,13,14)/t8?,9-/m1/s1. The van der Waals surface area contributed by atoms with Crippen LogP contribution in [-0.2, 0) is 9.53 Å². The van der Waals surface area contributed by atoms with E-state index >= 15 is 0 Å². The molecule has 15 heavy (non-hydrogen) atoms. The normalized spacial score (nSPS) is 33.5. The Bertz CT molecular complexity index is 247. The second-order valence-corrected chi connectivity index (χ2v) is 5.20. The van der Waals surface area contributed by atoms with Crippen molar-refractivity contribution in [1.82, 2.24) is 10.6 Å². The Labute approximate surface area is 90.8 Å². The summed E-state index contributed by atoms with van der Waals surface area (Å²) in [4.78, 5) is 11.7. The van der Waals surface area contributed by atoms with Gasteiger partial charge in [0.1, 0.15) is 6.10 Å². The topological polar surface area (TPSA) is 50.4 Å². The molecule has 2 atom stereocenters. The van der Waals surface area contributed by atoms with E-state index in [-0.39, 0.29) is 12.0 Å². The average Bonchev–Trinajstić information content (AvgIpc) is 2.84. The highest BCUT2D eigenvalue weighted by Crippen LogP contribution is 2.50. The maximum Gasteiger partial charge on any atom is 0.250 e. The van der Waals surface area contributed by atoms with Gasteiger partial charge in [-0.15, -0.1) is 0 Å². The van der Waals surface area contributed by atoms with Crippen molar-refractivity contribution in [3.8, 4) is 0 Å². The quantitative estimate of drug-likeness (QED) is 0.699. The molecule has 0 radical (unpaired) electrons. The van der Waals surface area contributed by atoms with Crippen molar-refractivity contribution in [2.45, 2.75) is 26.4 Å². The van der Waals surface area contributed by atoms with Gasteiger partial charge in [-0.3, -0.25) is 4.79 Å². The molecular weight excluding hydrogens is 192 g/mol. The predicted octanol–water partition coefficient (Wildman–Crippen LogP) is 0.137. The Morgan fingerprint density at radius 2 is 2.33 bits per heavy atom. The van der Waals surface area contributed by atoms with Crippen molar-refractivity contribution in [2.75, 3.05) is 26.2 Å². The van der Waals surface area contributed by atoms with E-state index < -0.39 is 0 Å². The highest BCUT2D eigenvalue weighted by atomic mass is 16.5. The largest absolute Gasteiger partial charge is 0.366 e. The van der Waals surface area contributed by atoms with Crippen LogP contribution in [0.4, 0.5) is 0 Å². The molecule has 2 rings (SSSR count). The van der Waals surface area contributed by atoms with Crippen LogP contribution in [0.3, 0.4) is 0 Å². The van der Waals surface area contributed by atoms with Crippen molar-refractivity contribution < 1.29 is 9.53 Å². The number of ether oxygens (including phenoxy) is 1. The van der Waals surface area contributed by atoms with Gasteiger partial charge in [0.05, 0.1) is 6.61 Å². The van der Waals surface area contributed by atoms with Crippen LogP contribution in [0.5, 0.6) is 0 Å². The lowest BCUT2D eigenvalue weighted by Crippen LogP contribution is -2.48. The highest BCUT2D eigenvalue weighted by molar-refractivity contribution is 5.81. The number of rotatable bonds is 3. The van der Waals surface area contributed by atoms with Crippen molar-refractivity contribution >= 4 is 5.91 Å². The molecule has 2 N–H and O–H groups in total. The summed E-state index contributed by atoms with van der Waals surface area (Å²) in [5.74, 6) is 0.683. The molecule has 2 fully saturated rings. The molecule has 1 aliphatic heterocycles. The first-order chi connectivity index (χ1) is 7.09. The van der Waals surface area contributed by atoms with E-state index in [4.69, 9.17) is 4.74 Å². The molecule has 0 bridgehead atoms. The van der Waals surface area contributed by atoms with Crippen LogP contribution in [0.2, 0.25) is 0 Å². The number of amides is 1. The number of nitrogens with one attached hydrogen (secondary N) is 2. The molecule has 4 nitrogen and oxygen atoms in total. The van der Waals surface area contributed by atoms with Crippen LogP contribution in [0, 0.1) is 11.3 Å². The lowest BCUT2D eigenvalue weighted by Gasteiger charge is -2.22. The minimum atomic E-state index is -0.291. The smallest absolute Gasteiger partial charge is 0.250 e. The molecule has 1 heterocycles. The first-order valence-corrected chi connectivity index (χ1v) is 5.69. The zero-order valence-corrected chi connectivity index (χ0v) is 9.51. The summed E-state index contributed by atoms with van der Waals surface area (Å²) in [5.41, 5.74) is 0.430. The molecule has 1 amide bonds. The summed E-state index contributed by atoms with van der Waals surface area (Å²) in [5, 5.41) is 6.12. The third kappa shape index (κ3) is 2.69. The Morgan fingerprint density at radius 1 is 1.60 bits per heavy atom. The molecule has 4 heteroatoms.